The van der Waals surface area contributed by atoms with Gasteiger partial charge in [0, 0.05) is 44.2 Å². The summed E-state index contributed by atoms with van der Waals surface area (Å²) < 4.78 is 24.3. The molecule has 0 saturated carbocycles. The van der Waals surface area contributed by atoms with Crippen molar-refractivity contribution in [2.24, 2.45) is 5.92 Å². The molecular weight excluding hydrogens is 349 g/mol. The second-order valence-corrected chi connectivity index (χ2v) is 7.41. The minimum atomic E-state index is -0.388. The average Bonchev–Trinajstić information content (AvgIpc) is 3.17. The molecule has 0 radical (unpaired) electrons. The number of benzene rings is 1. The van der Waals surface area contributed by atoms with Crippen LogP contribution in [0.4, 0.5) is 4.39 Å². The van der Waals surface area contributed by atoms with Crippen LogP contribution in [0.25, 0.3) is 0 Å². The summed E-state index contributed by atoms with van der Waals surface area (Å²) in [4.78, 5) is 19.0. The molecule has 0 spiro atoms. The van der Waals surface area contributed by atoms with Gasteiger partial charge in [-0.05, 0) is 49.8 Å². The molecule has 1 amide bonds. The summed E-state index contributed by atoms with van der Waals surface area (Å²) in [6, 6.07) is 5.87. The molecule has 3 heterocycles. The Morgan fingerprint density at radius 1 is 1.26 bits per heavy atom. The molecule has 0 bridgehead atoms. The molecule has 1 atom stereocenters. The number of carbonyl (C=O) groups is 1. The molecule has 2 aliphatic heterocycles. The lowest BCUT2D eigenvalue weighted by Crippen LogP contribution is -2.40. The molecule has 1 aromatic carbocycles. The number of halogens is 1. The van der Waals surface area contributed by atoms with E-state index in [4.69, 9.17) is 9.26 Å². The van der Waals surface area contributed by atoms with Crippen LogP contribution >= 0.6 is 0 Å². The molecule has 0 aliphatic carbocycles. The lowest BCUT2D eigenvalue weighted by Gasteiger charge is -2.32. The Morgan fingerprint density at radius 2 is 2.11 bits per heavy atom. The number of piperidine rings is 1. The molecular formula is C20H24FN3O3. The van der Waals surface area contributed by atoms with E-state index in [1.54, 1.807) is 17.0 Å². The zero-order valence-corrected chi connectivity index (χ0v) is 15.3. The number of aromatic nitrogens is 2. The van der Waals surface area contributed by atoms with Crippen LogP contribution in [0.5, 0.6) is 0 Å². The van der Waals surface area contributed by atoms with Crippen LogP contribution < -0.4 is 0 Å². The molecule has 6 nitrogen and oxygen atoms in total. The largest absolute Gasteiger partial charge is 0.381 e. The molecule has 0 N–H and O–H groups in total. The van der Waals surface area contributed by atoms with E-state index in [0.717, 1.165) is 44.7 Å². The van der Waals surface area contributed by atoms with Crippen LogP contribution in [0.2, 0.25) is 0 Å². The Bertz CT molecular complexity index is 788. The third-order valence-electron chi connectivity index (χ3n) is 5.41. The minimum absolute atomic E-state index is 0.118. The van der Waals surface area contributed by atoms with Crippen LogP contribution in [0.15, 0.2) is 28.8 Å². The van der Waals surface area contributed by atoms with Gasteiger partial charge in [-0.2, -0.15) is 4.98 Å². The number of rotatable bonds is 4. The minimum Gasteiger partial charge on any atom is -0.381 e. The Kier molecular flexibility index (Phi) is 5.48. The van der Waals surface area contributed by atoms with Gasteiger partial charge in [-0.3, -0.25) is 4.79 Å². The van der Waals surface area contributed by atoms with Crippen LogP contribution in [-0.2, 0) is 11.2 Å². The Morgan fingerprint density at radius 3 is 2.93 bits per heavy atom. The molecule has 7 heteroatoms. The monoisotopic (exact) mass is 373 g/mol. The summed E-state index contributed by atoms with van der Waals surface area (Å²) in [5.74, 6) is 1.50. The standard InChI is InChI=1S/C20H24FN3O3/c21-17-5-1-4-16(12-17)20(25)24-8-2-3-14(13-24)11-18-22-19(23-27-18)15-6-9-26-10-7-15/h1,4-5,12,14-15H,2-3,6-11,13H2. The van der Waals surface area contributed by atoms with E-state index < -0.39 is 0 Å². The number of likely N-dealkylation sites (tertiary alicyclic amines) is 1. The maximum Gasteiger partial charge on any atom is 0.253 e. The van der Waals surface area contributed by atoms with Crippen LogP contribution in [0.3, 0.4) is 0 Å². The van der Waals surface area contributed by atoms with Crippen molar-refractivity contribution in [1.82, 2.24) is 15.0 Å². The number of hydrogen-bond donors (Lipinski definition) is 0. The molecule has 1 unspecified atom stereocenters. The Labute approximate surface area is 157 Å². The Balaban J connectivity index is 1.37. The summed E-state index contributed by atoms with van der Waals surface area (Å²) in [7, 11) is 0. The van der Waals surface area contributed by atoms with Crippen molar-refractivity contribution >= 4 is 5.91 Å². The number of amides is 1. The fourth-order valence-corrected chi connectivity index (χ4v) is 3.94. The molecule has 144 valence electrons. The highest BCUT2D eigenvalue weighted by molar-refractivity contribution is 5.94. The molecule has 2 aliphatic rings. The van der Waals surface area contributed by atoms with Crippen molar-refractivity contribution in [2.75, 3.05) is 26.3 Å². The third-order valence-corrected chi connectivity index (χ3v) is 5.41. The molecule has 4 rings (SSSR count). The van der Waals surface area contributed by atoms with Gasteiger partial charge in [0.15, 0.2) is 5.82 Å². The highest BCUT2D eigenvalue weighted by Gasteiger charge is 2.27. The summed E-state index contributed by atoms with van der Waals surface area (Å²) in [5, 5.41) is 4.15. The van der Waals surface area contributed by atoms with Crippen molar-refractivity contribution in [1.29, 1.82) is 0 Å². The summed E-state index contributed by atoms with van der Waals surface area (Å²) in [6.45, 7) is 2.82. The smallest absolute Gasteiger partial charge is 0.253 e. The van der Waals surface area contributed by atoms with Crippen LogP contribution in [0.1, 0.15) is 53.7 Å². The fourth-order valence-electron chi connectivity index (χ4n) is 3.94. The maximum atomic E-state index is 13.4. The topological polar surface area (TPSA) is 68.5 Å². The van der Waals surface area contributed by atoms with Gasteiger partial charge in [-0.1, -0.05) is 11.2 Å². The van der Waals surface area contributed by atoms with E-state index in [1.807, 2.05) is 0 Å². The molecule has 2 saturated heterocycles. The zero-order chi connectivity index (χ0) is 18.6. The van der Waals surface area contributed by atoms with Crippen molar-refractivity contribution in [3.05, 3.63) is 47.4 Å². The predicted octanol–water partition coefficient (Wildman–Crippen LogP) is 3.20. The van der Waals surface area contributed by atoms with Gasteiger partial charge >= 0.3 is 0 Å². The number of hydrogen-bond acceptors (Lipinski definition) is 5. The normalized spacial score (nSPS) is 21.4. The van der Waals surface area contributed by atoms with E-state index in [-0.39, 0.29) is 17.6 Å². The van der Waals surface area contributed by atoms with Gasteiger partial charge in [0.2, 0.25) is 5.89 Å². The first-order chi connectivity index (χ1) is 13.2. The Hall–Kier alpha value is -2.28. The van der Waals surface area contributed by atoms with Crippen molar-refractivity contribution in [2.45, 2.75) is 38.0 Å². The molecule has 1 aromatic heterocycles. The summed E-state index contributed by atoms with van der Waals surface area (Å²) in [5.41, 5.74) is 0.398. The van der Waals surface area contributed by atoms with Gasteiger partial charge in [-0.25, -0.2) is 4.39 Å². The second-order valence-electron chi connectivity index (χ2n) is 7.41. The van der Waals surface area contributed by atoms with Gasteiger partial charge in [0.05, 0.1) is 0 Å². The SMILES string of the molecule is O=C(c1cccc(F)c1)N1CCCC(Cc2nc(C3CCOCC3)no2)C1. The van der Waals surface area contributed by atoms with Crippen LogP contribution in [0, 0.1) is 11.7 Å². The van der Waals surface area contributed by atoms with Crippen molar-refractivity contribution < 1.29 is 18.4 Å². The highest BCUT2D eigenvalue weighted by atomic mass is 19.1. The lowest BCUT2D eigenvalue weighted by atomic mass is 9.94. The quantitative estimate of drug-likeness (QED) is 0.823. The van der Waals surface area contributed by atoms with E-state index in [0.29, 0.717) is 36.9 Å². The number of ether oxygens (including phenoxy) is 1. The molecule has 2 aromatic rings. The van der Waals surface area contributed by atoms with E-state index >= 15 is 0 Å². The second kappa shape index (κ2) is 8.17. The lowest BCUT2D eigenvalue weighted by molar-refractivity contribution is 0.0667. The first-order valence-corrected chi connectivity index (χ1v) is 9.64. The van der Waals surface area contributed by atoms with E-state index in [1.165, 1.54) is 12.1 Å². The first-order valence-electron chi connectivity index (χ1n) is 9.64. The zero-order valence-electron chi connectivity index (χ0n) is 15.3. The van der Waals surface area contributed by atoms with Crippen LogP contribution in [-0.4, -0.2) is 47.3 Å². The van der Waals surface area contributed by atoms with Crippen molar-refractivity contribution in [3.63, 3.8) is 0 Å². The summed E-state index contributed by atoms with van der Waals surface area (Å²) >= 11 is 0. The van der Waals surface area contributed by atoms with Gasteiger partial charge in [0.1, 0.15) is 5.82 Å². The molecule has 27 heavy (non-hydrogen) atoms. The highest BCUT2D eigenvalue weighted by Crippen LogP contribution is 2.26. The van der Waals surface area contributed by atoms with Gasteiger partial charge in [0.25, 0.3) is 5.91 Å². The van der Waals surface area contributed by atoms with Gasteiger partial charge < -0.3 is 14.2 Å². The van der Waals surface area contributed by atoms with E-state index in [9.17, 15) is 9.18 Å². The first kappa shape index (κ1) is 18.1. The summed E-state index contributed by atoms with van der Waals surface area (Å²) in [6.07, 6.45) is 4.47. The number of carbonyl (C=O) groups excluding carboxylic acids is 1. The van der Waals surface area contributed by atoms with Gasteiger partial charge in [-0.15, -0.1) is 0 Å². The number of nitrogens with zero attached hydrogens (tertiary/aromatic N) is 3. The molecule has 2 fully saturated rings. The van der Waals surface area contributed by atoms with E-state index in [2.05, 4.69) is 10.1 Å². The third kappa shape index (κ3) is 4.35. The maximum absolute atomic E-state index is 13.4. The van der Waals surface area contributed by atoms with Crippen molar-refractivity contribution in [3.8, 4) is 0 Å². The average molecular weight is 373 g/mol. The fraction of sp³-hybridized carbons (Fsp3) is 0.550. The predicted molar refractivity (Wildman–Crippen MR) is 95.8 cm³/mol.